The molecule has 0 saturated carbocycles. The number of ether oxygens (including phenoxy) is 1. The molecule has 0 spiro atoms. The maximum Gasteiger partial charge on any atom is 0.241 e. The number of aromatic nitrogens is 2. The summed E-state index contributed by atoms with van der Waals surface area (Å²) in [5.74, 6) is 0.958. The lowest BCUT2D eigenvalue weighted by Crippen LogP contribution is -2.15. The van der Waals surface area contributed by atoms with Crippen molar-refractivity contribution >= 4 is 10.0 Å². The summed E-state index contributed by atoms with van der Waals surface area (Å²) in [4.78, 5) is 3.94. The molecule has 0 aliphatic heterocycles. The van der Waals surface area contributed by atoms with Crippen LogP contribution in [0.5, 0.6) is 5.75 Å². The summed E-state index contributed by atoms with van der Waals surface area (Å²) in [6.07, 6.45) is 0. The average molecular weight is 297 g/mol. The monoisotopic (exact) mass is 297 g/mol. The molecule has 2 N–H and O–H groups in total. The van der Waals surface area contributed by atoms with E-state index in [9.17, 15) is 8.42 Å². The highest BCUT2D eigenvalue weighted by Crippen LogP contribution is 2.29. The number of sulfonamides is 1. The highest BCUT2D eigenvalue weighted by molar-refractivity contribution is 7.89. The van der Waals surface area contributed by atoms with Gasteiger partial charge in [-0.25, -0.2) is 13.6 Å². The van der Waals surface area contributed by atoms with Crippen molar-refractivity contribution in [3.05, 3.63) is 35.0 Å². The Morgan fingerprint density at radius 1 is 1.30 bits per heavy atom. The SMILES string of the molecule is Cc1cc(C)c(OCc2noc(C)n2)c(S(N)(=O)=O)c1. The number of primary sulfonamides is 1. The Morgan fingerprint density at radius 3 is 2.55 bits per heavy atom. The van der Waals surface area contributed by atoms with Gasteiger partial charge in [0.1, 0.15) is 10.6 Å². The molecule has 1 aromatic heterocycles. The van der Waals surface area contributed by atoms with E-state index in [-0.39, 0.29) is 17.3 Å². The van der Waals surface area contributed by atoms with Gasteiger partial charge in [-0.1, -0.05) is 11.2 Å². The maximum atomic E-state index is 11.6. The normalized spacial score (nSPS) is 11.6. The summed E-state index contributed by atoms with van der Waals surface area (Å²) in [5, 5.41) is 8.89. The van der Waals surface area contributed by atoms with Crippen LogP contribution in [0.4, 0.5) is 0 Å². The smallest absolute Gasteiger partial charge is 0.241 e. The molecule has 0 aliphatic carbocycles. The number of nitrogens with two attached hydrogens (primary N) is 1. The first kappa shape index (κ1) is 14.5. The third kappa shape index (κ3) is 3.14. The molecule has 2 aromatic rings. The first-order valence-corrected chi connectivity index (χ1v) is 7.38. The molecular weight excluding hydrogens is 282 g/mol. The van der Waals surface area contributed by atoms with E-state index in [1.165, 1.54) is 6.07 Å². The predicted molar refractivity (Wildman–Crippen MR) is 70.7 cm³/mol. The minimum absolute atomic E-state index is 0.00373. The summed E-state index contributed by atoms with van der Waals surface area (Å²) in [6.45, 7) is 5.19. The Bertz CT molecular complexity index is 737. The van der Waals surface area contributed by atoms with Crippen LogP contribution in [0.15, 0.2) is 21.6 Å². The van der Waals surface area contributed by atoms with Crippen LogP contribution in [0.3, 0.4) is 0 Å². The molecule has 8 heteroatoms. The predicted octanol–water partition coefficient (Wildman–Crippen LogP) is 1.22. The van der Waals surface area contributed by atoms with Gasteiger partial charge >= 0.3 is 0 Å². The van der Waals surface area contributed by atoms with Gasteiger partial charge in [-0.15, -0.1) is 0 Å². The second-order valence-corrected chi connectivity index (χ2v) is 6.00. The molecule has 2 rings (SSSR count). The Hall–Kier alpha value is -1.93. The lowest BCUT2D eigenvalue weighted by Gasteiger charge is -2.12. The van der Waals surface area contributed by atoms with Gasteiger partial charge in [0.2, 0.25) is 21.7 Å². The van der Waals surface area contributed by atoms with E-state index in [1.807, 2.05) is 6.07 Å². The maximum absolute atomic E-state index is 11.6. The van der Waals surface area contributed by atoms with Gasteiger partial charge in [0.15, 0.2) is 6.61 Å². The molecule has 0 amide bonds. The van der Waals surface area contributed by atoms with Crippen molar-refractivity contribution in [3.8, 4) is 5.75 Å². The largest absolute Gasteiger partial charge is 0.484 e. The van der Waals surface area contributed by atoms with Crippen molar-refractivity contribution in [3.63, 3.8) is 0 Å². The van der Waals surface area contributed by atoms with E-state index < -0.39 is 10.0 Å². The summed E-state index contributed by atoms with van der Waals surface area (Å²) >= 11 is 0. The van der Waals surface area contributed by atoms with Gasteiger partial charge in [-0.3, -0.25) is 0 Å². The van der Waals surface area contributed by atoms with E-state index in [2.05, 4.69) is 10.1 Å². The molecule has 1 aromatic carbocycles. The van der Waals surface area contributed by atoms with Crippen LogP contribution >= 0.6 is 0 Å². The summed E-state index contributed by atoms with van der Waals surface area (Å²) in [7, 11) is -3.87. The van der Waals surface area contributed by atoms with Gasteiger partial charge in [0.05, 0.1) is 0 Å². The number of hydrogen-bond acceptors (Lipinski definition) is 6. The molecular formula is C12H15N3O4S. The third-order valence-electron chi connectivity index (χ3n) is 2.61. The molecule has 0 atom stereocenters. The van der Waals surface area contributed by atoms with Crippen molar-refractivity contribution in [1.82, 2.24) is 10.1 Å². The van der Waals surface area contributed by atoms with Crippen LogP contribution in [0, 0.1) is 20.8 Å². The van der Waals surface area contributed by atoms with Gasteiger partial charge < -0.3 is 9.26 Å². The zero-order chi connectivity index (χ0) is 14.9. The molecule has 0 fully saturated rings. The van der Waals surface area contributed by atoms with Gasteiger partial charge in [-0.2, -0.15) is 4.98 Å². The molecule has 20 heavy (non-hydrogen) atoms. The molecule has 7 nitrogen and oxygen atoms in total. The minimum atomic E-state index is -3.87. The highest BCUT2D eigenvalue weighted by atomic mass is 32.2. The van der Waals surface area contributed by atoms with Crippen LogP contribution in [0.2, 0.25) is 0 Å². The van der Waals surface area contributed by atoms with Crippen LogP contribution < -0.4 is 9.88 Å². The molecule has 0 radical (unpaired) electrons. The minimum Gasteiger partial charge on any atom is -0.484 e. The van der Waals surface area contributed by atoms with Gasteiger partial charge in [-0.05, 0) is 31.0 Å². The lowest BCUT2D eigenvalue weighted by molar-refractivity contribution is 0.277. The molecule has 108 valence electrons. The average Bonchev–Trinajstić information content (AvgIpc) is 2.72. The van der Waals surface area contributed by atoms with Gasteiger partial charge in [0, 0.05) is 6.92 Å². The van der Waals surface area contributed by atoms with Crippen molar-refractivity contribution in [2.75, 3.05) is 0 Å². The molecule has 1 heterocycles. The van der Waals surface area contributed by atoms with Crippen molar-refractivity contribution in [1.29, 1.82) is 0 Å². The molecule has 0 unspecified atom stereocenters. The number of benzene rings is 1. The fourth-order valence-electron chi connectivity index (χ4n) is 1.85. The zero-order valence-corrected chi connectivity index (χ0v) is 12.2. The first-order chi connectivity index (χ1) is 9.27. The number of rotatable bonds is 4. The lowest BCUT2D eigenvalue weighted by atomic mass is 10.1. The summed E-state index contributed by atoms with van der Waals surface area (Å²) < 4.78 is 33.6. The van der Waals surface area contributed by atoms with E-state index in [1.54, 1.807) is 20.8 Å². The molecule has 0 saturated heterocycles. The number of hydrogen-bond donors (Lipinski definition) is 1. The quantitative estimate of drug-likeness (QED) is 0.909. The molecule has 0 bridgehead atoms. The van der Waals surface area contributed by atoms with E-state index in [0.29, 0.717) is 17.3 Å². The van der Waals surface area contributed by atoms with Gasteiger partial charge in [0.25, 0.3) is 0 Å². The Labute approximate surface area is 116 Å². The van der Waals surface area contributed by atoms with E-state index in [0.717, 1.165) is 5.56 Å². The van der Waals surface area contributed by atoms with Crippen LogP contribution in [-0.4, -0.2) is 18.6 Å². The fraction of sp³-hybridized carbons (Fsp3) is 0.333. The second kappa shape index (κ2) is 5.22. The Morgan fingerprint density at radius 2 is 2.00 bits per heavy atom. The summed E-state index contributed by atoms with van der Waals surface area (Å²) in [6, 6.07) is 3.28. The zero-order valence-electron chi connectivity index (χ0n) is 11.4. The van der Waals surface area contributed by atoms with Crippen molar-refractivity contribution < 1.29 is 17.7 Å². The highest BCUT2D eigenvalue weighted by Gasteiger charge is 2.19. The topological polar surface area (TPSA) is 108 Å². The Kier molecular flexibility index (Phi) is 3.78. The first-order valence-electron chi connectivity index (χ1n) is 5.83. The third-order valence-corrected chi connectivity index (χ3v) is 3.52. The summed E-state index contributed by atoms with van der Waals surface area (Å²) in [5.41, 5.74) is 1.46. The Balaban J connectivity index is 2.35. The second-order valence-electron chi connectivity index (χ2n) is 4.47. The van der Waals surface area contributed by atoms with E-state index >= 15 is 0 Å². The van der Waals surface area contributed by atoms with Crippen molar-refractivity contribution in [2.24, 2.45) is 5.14 Å². The number of nitrogens with zero attached hydrogens (tertiary/aromatic N) is 2. The van der Waals surface area contributed by atoms with E-state index in [4.69, 9.17) is 14.4 Å². The molecule has 0 aliphatic rings. The standard InChI is InChI=1S/C12H15N3O4S/c1-7-4-8(2)12(10(5-7)20(13,16)17)18-6-11-14-9(3)19-15-11/h4-5H,6H2,1-3H3,(H2,13,16,17). The fourth-order valence-corrected chi connectivity index (χ4v) is 2.68. The van der Waals surface area contributed by atoms with Crippen LogP contribution in [0.1, 0.15) is 22.8 Å². The van der Waals surface area contributed by atoms with Crippen LogP contribution in [-0.2, 0) is 16.6 Å². The van der Waals surface area contributed by atoms with Crippen molar-refractivity contribution in [2.45, 2.75) is 32.3 Å². The number of aryl methyl sites for hydroxylation is 3. The van der Waals surface area contributed by atoms with Crippen LogP contribution in [0.25, 0.3) is 0 Å².